The molecule has 4 nitrogen and oxygen atoms in total. The molecule has 0 bridgehead atoms. The number of furan rings is 1. The summed E-state index contributed by atoms with van der Waals surface area (Å²) >= 11 is 3.36. The maximum atomic E-state index is 10.2. The molecule has 0 spiro atoms. The van der Waals surface area contributed by atoms with E-state index in [9.17, 15) is 10.2 Å². The largest absolute Gasteiger partial charge is 0.508 e. The molecule has 1 aromatic heterocycles. The number of rotatable bonds is 5. The lowest BCUT2D eigenvalue weighted by Crippen LogP contribution is -2.34. The normalized spacial score (nSPS) is 14.3. The third kappa shape index (κ3) is 3.59. The van der Waals surface area contributed by atoms with Crippen LogP contribution in [0.15, 0.2) is 45.5 Å². The van der Waals surface area contributed by atoms with Gasteiger partial charge in [0, 0.05) is 23.1 Å². The number of aliphatic hydroxyl groups is 1. The average molecular weight is 326 g/mol. The summed E-state index contributed by atoms with van der Waals surface area (Å²) in [4.78, 5) is 0. The van der Waals surface area contributed by atoms with Crippen molar-refractivity contribution >= 4 is 15.9 Å². The second kappa shape index (κ2) is 5.77. The average Bonchev–Trinajstić information content (AvgIpc) is 2.88. The molecule has 2 aromatic rings. The topological polar surface area (TPSA) is 65.6 Å². The maximum Gasteiger partial charge on any atom is 0.136 e. The molecule has 0 saturated carbocycles. The minimum atomic E-state index is -1.08. The Bertz CT molecular complexity index is 538. The van der Waals surface area contributed by atoms with Crippen molar-refractivity contribution in [3.8, 4) is 5.75 Å². The minimum Gasteiger partial charge on any atom is -0.508 e. The first-order valence-electron chi connectivity index (χ1n) is 5.93. The number of hydrogen-bond acceptors (Lipinski definition) is 4. The van der Waals surface area contributed by atoms with Gasteiger partial charge in [0.25, 0.3) is 0 Å². The summed E-state index contributed by atoms with van der Waals surface area (Å²) in [6.45, 7) is 2.47. The monoisotopic (exact) mass is 325 g/mol. The highest BCUT2D eigenvalue weighted by atomic mass is 79.9. The summed E-state index contributed by atoms with van der Waals surface area (Å²) in [5, 5.41) is 23.1. The molecule has 0 radical (unpaired) electrons. The van der Waals surface area contributed by atoms with Gasteiger partial charge in [0.05, 0.1) is 6.26 Å². The standard InChI is InChI=1S/C14H16BrNO3/c1-14(18,13-3-2-6-19-13)9-16-8-10-7-11(15)4-5-12(10)17/h2-7,16-18H,8-9H2,1H3. The second-order valence-electron chi connectivity index (χ2n) is 4.63. The Labute approximate surface area is 120 Å². The Balaban J connectivity index is 1.95. The fourth-order valence-electron chi connectivity index (χ4n) is 1.81. The van der Waals surface area contributed by atoms with Gasteiger partial charge in [-0.25, -0.2) is 0 Å². The molecule has 102 valence electrons. The molecular formula is C14H16BrNO3. The van der Waals surface area contributed by atoms with Crippen LogP contribution in [0.5, 0.6) is 5.75 Å². The summed E-state index contributed by atoms with van der Waals surface area (Å²) in [7, 11) is 0. The van der Waals surface area contributed by atoms with Crippen LogP contribution >= 0.6 is 15.9 Å². The third-order valence-electron chi connectivity index (χ3n) is 2.88. The van der Waals surface area contributed by atoms with Crippen LogP contribution < -0.4 is 5.32 Å². The molecule has 1 aromatic carbocycles. The molecule has 2 rings (SSSR count). The van der Waals surface area contributed by atoms with Crippen LogP contribution in [0, 0.1) is 0 Å². The lowest BCUT2D eigenvalue weighted by atomic mass is 10.0. The number of hydrogen-bond donors (Lipinski definition) is 3. The van der Waals surface area contributed by atoms with Gasteiger partial charge in [0.15, 0.2) is 0 Å². The van der Waals surface area contributed by atoms with Crippen LogP contribution in [0.2, 0.25) is 0 Å². The predicted molar refractivity (Wildman–Crippen MR) is 75.8 cm³/mol. The van der Waals surface area contributed by atoms with E-state index in [1.54, 1.807) is 31.2 Å². The van der Waals surface area contributed by atoms with Gasteiger partial charge in [-0.1, -0.05) is 15.9 Å². The zero-order valence-corrected chi connectivity index (χ0v) is 12.1. The predicted octanol–water partition coefficient (Wildman–Crippen LogP) is 2.75. The fourth-order valence-corrected chi connectivity index (χ4v) is 2.22. The van der Waals surface area contributed by atoms with Crippen molar-refractivity contribution in [2.24, 2.45) is 0 Å². The Kier molecular flexibility index (Phi) is 4.29. The number of benzene rings is 1. The molecule has 1 atom stereocenters. The molecule has 5 heteroatoms. The summed E-state index contributed by atoms with van der Waals surface area (Å²) in [6.07, 6.45) is 1.53. The van der Waals surface area contributed by atoms with Crippen molar-refractivity contribution in [2.75, 3.05) is 6.54 Å². The van der Waals surface area contributed by atoms with Gasteiger partial charge in [0.2, 0.25) is 0 Å². The maximum absolute atomic E-state index is 10.2. The molecule has 0 aliphatic carbocycles. The molecular weight excluding hydrogens is 310 g/mol. The van der Waals surface area contributed by atoms with Crippen LogP contribution in [-0.2, 0) is 12.1 Å². The Hall–Kier alpha value is -1.30. The van der Waals surface area contributed by atoms with E-state index in [2.05, 4.69) is 21.2 Å². The second-order valence-corrected chi connectivity index (χ2v) is 5.54. The molecule has 1 heterocycles. The molecule has 3 N–H and O–H groups in total. The zero-order valence-electron chi connectivity index (χ0n) is 10.6. The van der Waals surface area contributed by atoms with E-state index >= 15 is 0 Å². The van der Waals surface area contributed by atoms with E-state index in [0.29, 0.717) is 18.8 Å². The number of phenols is 1. The number of phenolic OH excluding ortho intramolecular Hbond substituents is 1. The van der Waals surface area contributed by atoms with Crippen molar-refractivity contribution in [3.63, 3.8) is 0 Å². The molecule has 0 amide bonds. The van der Waals surface area contributed by atoms with E-state index in [1.165, 1.54) is 6.26 Å². The van der Waals surface area contributed by atoms with E-state index < -0.39 is 5.60 Å². The first kappa shape index (κ1) is 14.1. The van der Waals surface area contributed by atoms with Crippen molar-refractivity contribution in [1.29, 1.82) is 0 Å². The smallest absolute Gasteiger partial charge is 0.136 e. The number of halogens is 1. The molecule has 1 unspecified atom stereocenters. The van der Waals surface area contributed by atoms with E-state index in [-0.39, 0.29) is 5.75 Å². The van der Waals surface area contributed by atoms with Gasteiger partial charge >= 0.3 is 0 Å². The van der Waals surface area contributed by atoms with Gasteiger partial charge in [-0.05, 0) is 37.3 Å². The lowest BCUT2D eigenvalue weighted by molar-refractivity contribution is 0.0340. The van der Waals surface area contributed by atoms with Crippen LogP contribution in [-0.4, -0.2) is 16.8 Å². The lowest BCUT2D eigenvalue weighted by Gasteiger charge is -2.21. The molecule has 0 fully saturated rings. The quantitative estimate of drug-likeness (QED) is 0.790. The van der Waals surface area contributed by atoms with Gasteiger partial charge in [0.1, 0.15) is 17.1 Å². The van der Waals surface area contributed by atoms with E-state index in [1.807, 2.05) is 6.07 Å². The van der Waals surface area contributed by atoms with Crippen molar-refractivity contribution in [3.05, 3.63) is 52.4 Å². The van der Waals surface area contributed by atoms with Crippen LogP contribution in [0.25, 0.3) is 0 Å². The highest BCUT2D eigenvalue weighted by molar-refractivity contribution is 9.10. The van der Waals surface area contributed by atoms with Gasteiger partial charge < -0.3 is 19.9 Å². The first-order valence-corrected chi connectivity index (χ1v) is 6.73. The summed E-state index contributed by atoms with van der Waals surface area (Å²) in [5.74, 6) is 0.742. The van der Waals surface area contributed by atoms with Gasteiger partial charge in [-0.3, -0.25) is 0 Å². The SMILES string of the molecule is CC(O)(CNCc1cc(Br)ccc1O)c1ccco1. The zero-order chi connectivity index (χ0) is 13.9. The fraction of sp³-hybridized carbons (Fsp3) is 0.286. The molecule has 19 heavy (non-hydrogen) atoms. The highest BCUT2D eigenvalue weighted by Gasteiger charge is 2.25. The van der Waals surface area contributed by atoms with Crippen molar-refractivity contribution in [1.82, 2.24) is 5.32 Å². The molecule has 0 aliphatic rings. The van der Waals surface area contributed by atoms with E-state index in [4.69, 9.17) is 4.42 Å². The molecule has 0 saturated heterocycles. The molecule has 0 aliphatic heterocycles. The van der Waals surface area contributed by atoms with Crippen molar-refractivity contribution < 1.29 is 14.6 Å². The third-order valence-corrected chi connectivity index (χ3v) is 3.37. The van der Waals surface area contributed by atoms with Crippen molar-refractivity contribution in [2.45, 2.75) is 19.1 Å². The Morgan fingerprint density at radius 3 is 2.84 bits per heavy atom. The summed E-state index contributed by atoms with van der Waals surface area (Å²) < 4.78 is 6.10. The number of nitrogens with one attached hydrogen (secondary N) is 1. The highest BCUT2D eigenvalue weighted by Crippen LogP contribution is 2.23. The van der Waals surface area contributed by atoms with Gasteiger partial charge in [-0.2, -0.15) is 0 Å². The van der Waals surface area contributed by atoms with E-state index in [0.717, 1.165) is 10.0 Å². The Morgan fingerprint density at radius 1 is 1.37 bits per heavy atom. The van der Waals surface area contributed by atoms with Crippen LogP contribution in [0.4, 0.5) is 0 Å². The van der Waals surface area contributed by atoms with Crippen LogP contribution in [0.1, 0.15) is 18.2 Å². The minimum absolute atomic E-state index is 0.230. The van der Waals surface area contributed by atoms with Crippen LogP contribution in [0.3, 0.4) is 0 Å². The Morgan fingerprint density at radius 2 is 2.16 bits per heavy atom. The summed E-state index contributed by atoms with van der Waals surface area (Å²) in [6, 6.07) is 8.72. The summed E-state index contributed by atoms with van der Waals surface area (Å²) in [5.41, 5.74) is -0.310. The first-order chi connectivity index (χ1) is 8.99. The number of aromatic hydroxyl groups is 1. The van der Waals surface area contributed by atoms with Gasteiger partial charge in [-0.15, -0.1) is 0 Å².